The molecule has 21 heavy (non-hydrogen) atoms. The van der Waals surface area contributed by atoms with Crippen LogP contribution in [0.25, 0.3) is 0 Å². The van der Waals surface area contributed by atoms with E-state index in [9.17, 15) is 9.90 Å². The van der Waals surface area contributed by atoms with Crippen molar-refractivity contribution >= 4 is 5.91 Å². The van der Waals surface area contributed by atoms with Gasteiger partial charge in [-0.3, -0.25) is 4.79 Å². The number of aromatic amines is 1. The van der Waals surface area contributed by atoms with Crippen LogP contribution in [0.2, 0.25) is 0 Å². The van der Waals surface area contributed by atoms with Gasteiger partial charge < -0.3 is 15.4 Å². The van der Waals surface area contributed by atoms with Crippen molar-refractivity contribution in [1.82, 2.24) is 15.3 Å². The molecule has 5 heteroatoms. The molecule has 0 fully saturated rings. The first-order valence-corrected chi connectivity index (χ1v) is 7.05. The van der Waals surface area contributed by atoms with Crippen molar-refractivity contribution in [3.8, 4) is 5.75 Å². The normalized spacial score (nSPS) is 12.2. The maximum atomic E-state index is 12.4. The molecule has 0 bridgehead atoms. The summed E-state index contributed by atoms with van der Waals surface area (Å²) in [5, 5.41) is 12.7. The average molecular weight is 287 g/mol. The third-order valence-corrected chi connectivity index (χ3v) is 3.52. The van der Waals surface area contributed by atoms with Gasteiger partial charge in [-0.15, -0.1) is 0 Å². The number of imidazole rings is 1. The molecule has 0 aliphatic carbocycles. The number of aromatic nitrogens is 2. The molecule has 1 heterocycles. The summed E-state index contributed by atoms with van der Waals surface area (Å²) >= 11 is 0. The lowest BCUT2D eigenvalue weighted by molar-refractivity contribution is 0.0933. The monoisotopic (exact) mass is 287 g/mol. The molecule has 2 aromatic rings. The van der Waals surface area contributed by atoms with Gasteiger partial charge in [-0.25, -0.2) is 4.98 Å². The molecule has 3 N–H and O–H groups in total. The first kappa shape index (κ1) is 15.1. The van der Waals surface area contributed by atoms with Crippen LogP contribution in [0.3, 0.4) is 0 Å². The molecule has 0 spiro atoms. The summed E-state index contributed by atoms with van der Waals surface area (Å²) in [5.74, 6) is 0.831. The minimum Gasteiger partial charge on any atom is -0.507 e. The molecule has 0 aliphatic rings. The van der Waals surface area contributed by atoms with Gasteiger partial charge in [0.25, 0.3) is 5.91 Å². The fourth-order valence-electron chi connectivity index (χ4n) is 2.30. The molecule has 1 atom stereocenters. The fraction of sp³-hybridized carbons (Fsp3) is 0.375. The van der Waals surface area contributed by atoms with Gasteiger partial charge in [-0.05, 0) is 50.5 Å². The van der Waals surface area contributed by atoms with Crippen LogP contribution in [0, 0.1) is 20.8 Å². The molecule has 2 rings (SSSR count). The number of carbonyl (C=O) groups is 1. The zero-order chi connectivity index (χ0) is 15.6. The Hall–Kier alpha value is -2.30. The van der Waals surface area contributed by atoms with E-state index in [1.54, 1.807) is 32.2 Å². The number of aromatic hydroxyl groups is 1. The topological polar surface area (TPSA) is 78.0 Å². The van der Waals surface area contributed by atoms with Gasteiger partial charge in [0.05, 0.1) is 6.04 Å². The highest BCUT2D eigenvalue weighted by atomic mass is 16.3. The van der Waals surface area contributed by atoms with Crippen LogP contribution in [0.15, 0.2) is 18.3 Å². The largest absolute Gasteiger partial charge is 0.507 e. The molecule has 1 aromatic heterocycles. The maximum Gasteiger partial charge on any atom is 0.251 e. The zero-order valence-corrected chi connectivity index (χ0v) is 12.8. The summed E-state index contributed by atoms with van der Waals surface area (Å²) in [4.78, 5) is 19.8. The van der Waals surface area contributed by atoms with Crippen molar-refractivity contribution < 1.29 is 9.90 Å². The first-order chi connectivity index (χ1) is 9.92. The summed E-state index contributed by atoms with van der Waals surface area (Å²) in [7, 11) is 0. The Kier molecular flexibility index (Phi) is 4.31. The molecule has 1 amide bonds. The fourth-order valence-corrected chi connectivity index (χ4v) is 2.30. The van der Waals surface area contributed by atoms with Crippen molar-refractivity contribution in [3.63, 3.8) is 0 Å². The molecule has 0 unspecified atom stereocenters. The van der Waals surface area contributed by atoms with Gasteiger partial charge in [0.15, 0.2) is 0 Å². The molecule has 112 valence electrons. The van der Waals surface area contributed by atoms with E-state index in [1.165, 1.54) is 0 Å². The molecule has 0 radical (unpaired) electrons. The molecule has 0 saturated carbocycles. The van der Waals surface area contributed by atoms with Crippen LogP contribution in [0.4, 0.5) is 0 Å². The summed E-state index contributed by atoms with van der Waals surface area (Å²) < 4.78 is 0. The Labute approximate surface area is 124 Å². The Morgan fingerprint density at radius 1 is 1.33 bits per heavy atom. The third kappa shape index (κ3) is 3.24. The Balaban J connectivity index is 2.20. The predicted molar refractivity (Wildman–Crippen MR) is 81.4 cm³/mol. The highest BCUT2D eigenvalue weighted by Gasteiger charge is 2.17. The van der Waals surface area contributed by atoms with Gasteiger partial charge in [-0.1, -0.05) is 6.92 Å². The number of nitrogens with one attached hydrogen (secondary N) is 2. The number of phenols is 1. The van der Waals surface area contributed by atoms with Gasteiger partial charge in [0, 0.05) is 17.5 Å². The lowest BCUT2D eigenvalue weighted by Crippen LogP contribution is -2.29. The number of hydrogen-bond acceptors (Lipinski definition) is 3. The lowest BCUT2D eigenvalue weighted by Gasteiger charge is -2.15. The number of benzene rings is 1. The van der Waals surface area contributed by atoms with Crippen LogP contribution in [0.1, 0.15) is 52.4 Å². The van der Waals surface area contributed by atoms with Crippen molar-refractivity contribution in [1.29, 1.82) is 0 Å². The lowest BCUT2D eigenvalue weighted by atomic mass is 10.0. The van der Waals surface area contributed by atoms with Crippen molar-refractivity contribution in [3.05, 3.63) is 46.5 Å². The Bertz CT molecular complexity index is 638. The van der Waals surface area contributed by atoms with Crippen LogP contribution < -0.4 is 5.32 Å². The van der Waals surface area contributed by atoms with E-state index in [1.807, 2.05) is 13.8 Å². The van der Waals surface area contributed by atoms with E-state index in [2.05, 4.69) is 15.3 Å². The highest BCUT2D eigenvalue weighted by Crippen LogP contribution is 2.23. The number of amides is 1. The van der Waals surface area contributed by atoms with Crippen LogP contribution in [0.5, 0.6) is 5.75 Å². The van der Waals surface area contributed by atoms with Crippen molar-refractivity contribution in [2.24, 2.45) is 0 Å². The summed E-state index contributed by atoms with van der Waals surface area (Å²) in [6.45, 7) is 7.49. The number of H-pyrrole nitrogens is 1. The van der Waals surface area contributed by atoms with Gasteiger partial charge >= 0.3 is 0 Å². The Morgan fingerprint density at radius 3 is 2.43 bits per heavy atom. The quantitative estimate of drug-likeness (QED) is 0.809. The number of carbonyl (C=O) groups excluding carboxylic acids is 1. The number of aryl methyl sites for hydroxylation is 3. The number of hydrogen-bond donors (Lipinski definition) is 3. The van der Waals surface area contributed by atoms with Crippen LogP contribution in [-0.2, 0) is 0 Å². The Morgan fingerprint density at radius 2 is 1.95 bits per heavy atom. The molecule has 1 aromatic carbocycles. The van der Waals surface area contributed by atoms with E-state index in [4.69, 9.17) is 0 Å². The molecular formula is C16H21N3O2. The minimum absolute atomic E-state index is 0.152. The first-order valence-electron chi connectivity index (χ1n) is 7.05. The molecule has 5 nitrogen and oxygen atoms in total. The minimum atomic E-state index is -0.165. The predicted octanol–water partition coefficient (Wildman–Crippen LogP) is 2.92. The number of nitrogens with zero attached hydrogens (tertiary/aromatic N) is 1. The second-order valence-electron chi connectivity index (χ2n) is 5.34. The van der Waals surface area contributed by atoms with Gasteiger partial charge in [0.1, 0.15) is 11.6 Å². The molecule has 0 aliphatic heterocycles. The number of phenolic OH excluding ortho intramolecular Hbond substituents is 1. The molecule has 0 saturated heterocycles. The smallest absolute Gasteiger partial charge is 0.251 e. The average Bonchev–Trinajstić information content (AvgIpc) is 2.87. The SMILES string of the molecule is CC[C@H](NC(=O)c1cc(C)c(O)c(C)c1)c1ncc(C)[nH]1. The van der Waals surface area contributed by atoms with E-state index < -0.39 is 0 Å². The zero-order valence-electron chi connectivity index (χ0n) is 12.8. The van der Waals surface area contributed by atoms with Gasteiger partial charge in [0.2, 0.25) is 0 Å². The second kappa shape index (κ2) is 5.99. The summed E-state index contributed by atoms with van der Waals surface area (Å²) in [5.41, 5.74) is 2.91. The third-order valence-electron chi connectivity index (χ3n) is 3.52. The number of rotatable bonds is 4. The van der Waals surface area contributed by atoms with Gasteiger partial charge in [-0.2, -0.15) is 0 Å². The highest BCUT2D eigenvalue weighted by molar-refractivity contribution is 5.95. The van der Waals surface area contributed by atoms with Crippen LogP contribution >= 0.6 is 0 Å². The second-order valence-corrected chi connectivity index (χ2v) is 5.34. The molecular weight excluding hydrogens is 266 g/mol. The summed E-state index contributed by atoms with van der Waals surface area (Å²) in [6.07, 6.45) is 2.49. The van der Waals surface area contributed by atoms with Crippen LogP contribution in [-0.4, -0.2) is 21.0 Å². The summed E-state index contributed by atoms with van der Waals surface area (Å²) in [6, 6.07) is 3.23. The van der Waals surface area contributed by atoms with E-state index >= 15 is 0 Å². The van der Waals surface area contributed by atoms with E-state index in [0.29, 0.717) is 16.7 Å². The van der Waals surface area contributed by atoms with Crippen molar-refractivity contribution in [2.45, 2.75) is 40.2 Å². The standard InChI is InChI=1S/C16H21N3O2/c1-5-13(15-17-8-11(4)18-15)19-16(21)12-6-9(2)14(20)10(3)7-12/h6-8,13,20H,5H2,1-4H3,(H,17,18)(H,19,21)/t13-/m0/s1. The van der Waals surface area contributed by atoms with Crippen molar-refractivity contribution in [2.75, 3.05) is 0 Å². The maximum absolute atomic E-state index is 12.4. The van der Waals surface area contributed by atoms with E-state index in [-0.39, 0.29) is 17.7 Å². The van der Waals surface area contributed by atoms with E-state index in [0.717, 1.165) is 17.9 Å².